The van der Waals surface area contributed by atoms with Crippen LogP contribution in [0.3, 0.4) is 0 Å². The average molecular weight is 263 g/mol. The molecule has 2 rings (SSSR count). The molecular weight excluding hydrogens is 245 g/mol. The summed E-state index contributed by atoms with van der Waals surface area (Å²) < 4.78 is 13.1. The van der Waals surface area contributed by atoms with Gasteiger partial charge in [0.05, 0.1) is 0 Å². The first-order valence-electron chi connectivity index (χ1n) is 6.19. The lowest BCUT2D eigenvalue weighted by Crippen LogP contribution is -2.30. The fourth-order valence-electron chi connectivity index (χ4n) is 2.09. The van der Waals surface area contributed by atoms with E-state index in [0.29, 0.717) is 6.04 Å². The van der Waals surface area contributed by atoms with Crippen LogP contribution in [0.2, 0.25) is 0 Å². The Balaban J connectivity index is 1.92. The van der Waals surface area contributed by atoms with Gasteiger partial charge in [0.2, 0.25) is 0 Å². The van der Waals surface area contributed by atoms with Gasteiger partial charge in [-0.25, -0.2) is 4.39 Å². The molecule has 1 nitrogen and oxygen atoms in total. The van der Waals surface area contributed by atoms with Crippen molar-refractivity contribution < 1.29 is 4.39 Å². The van der Waals surface area contributed by atoms with Crippen LogP contribution in [0.1, 0.15) is 30.3 Å². The summed E-state index contributed by atoms with van der Waals surface area (Å²) in [6.07, 6.45) is 1.01. The fourth-order valence-corrected chi connectivity index (χ4v) is 2.92. The Hall–Kier alpha value is -1.19. The van der Waals surface area contributed by atoms with Crippen molar-refractivity contribution in [2.45, 2.75) is 32.4 Å². The zero-order valence-electron chi connectivity index (χ0n) is 10.7. The van der Waals surface area contributed by atoms with Gasteiger partial charge in [0.1, 0.15) is 5.82 Å². The smallest absolute Gasteiger partial charge is 0.123 e. The Bertz CT molecular complexity index is 481. The molecule has 0 amide bonds. The predicted molar refractivity (Wildman–Crippen MR) is 75.4 cm³/mol. The first-order chi connectivity index (χ1) is 8.65. The Morgan fingerprint density at radius 2 is 2.06 bits per heavy atom. The second kappa shape index (κ2) is 6.12. The Labute approximate surface area is 112 Å². The Morgan fingerprint density at radius 3 is 2.72 bits per heavy atom. The van der Waals surface area contributed by atoms with E-state index in [1.807, 2.05) is 6.07 Å². The molecule has 0 saturated heterocycles. The quantitative estimate of drug-likeness (QED) is 0.853. The first kappa shape index (κ1) is 13.2. The van der Waals surface area contributed by atoms with Crippen LogP contribution in [0.5, 0.6) is 0 Å². The maximum Gasteiger partial charge on any atom is 0.123 e. The molecule has 0 aliphatic heterocycles. The van der Waals surface area contributed by atoms with Crippen LogP contribution >= 0.6 is 11.3 Å². The molecule has 0 aliphatic rings. The molecule has 0 radical (unpaired) electrons. The van der Waals surface area contributed by atoms with Crippen molar-refractivity contribution in [3.05, 3.63) is 58.0 Å². The third-order valence-electron chi connectivity index (χ3n) is 2.97. The lowest BCUT2D eigenvalue weighted by Gasteiger charge is -2.20. The molecule has 2 aromatic rings. The molecule has 96 valence electrons. The lowest BCUT2D eigenvalue weighted by atomic mass is 10.1. The zero-order chi connectivity index (χ0) is 13.0. The topological polar surface area (TPSA) is 12.0 Å². The SMILES string of the molecule is CC(Cc1cccs1)NC(C)c1cccc(F)c1. The van der Waals surface area contributed by atoms with Gasteiger partial charge < -0.3 is 5.32 Å². The summed E-state index contributed by atoms with van der Waals surface area (Å²) >= 11 is 1.78. The highest BCUT2D eigenvalue weighted by molar-refractivity contribution is 7.09. The summed E-state index contributed by atoms with van der Waals surface area (Å²) in [6, 6.07) is 11.5. The van der Waals surface area contributed by atoms with Crippen LogP contribution in [0.25, 0.3) is 0 Å². The molecule has 18 heavy (non-hydrogen) atoms. The van der Waals surface area contributed by atoms with E-state index < -0.39 is 0 Å². The van der Waals surface area contributed by atoms with Gasteiger partial charge in [-0.05, 0) is 49.4 Å². The number of hydrogen-bond acceptors (Lipinski definition) is 2. The van der Waals surface area contributed by atoms with Crippen molar-refractivity contribution in [3.8, 4) is 0 Å². The molecule has 0 fully saturated rings. The van der Waals surface area contributed by atoms with Crippen molar-refractivity contribution in [3.63, 3.8) is 0 Å². The minimum atomic E-state index is -0.174. The van der Waals surface area contributed by atoms with Gasteiger partial charge in [0.25, 0.3) is 0 Å². The van der Waals surface area contributed by atoms with Gasteiger partial charge in [-0.2, -0.15) is 0 Å². The van der Waals surface area contributed by atoms with Crippen molar-refractivity contribution in [2.24, 2.45) is 0 Å². The summed E-state index contributed by atoms with van der Waals surface area (Å²) in [5.74, 6) is -0.174. The van der Waals surface area contributed by atoms with E-state index in [0.717, 1.165) is 12.0 Å². The van der Waals surface area contributed by atoms with E-state index in [1.165, 1.54) is 10.9 Å². The van der Waals surface area contributed by atoms with Crippen LogP contribution in [0.4, 0.5) is 4.39 Å². The average Bonchev–Trinajstić information content (AvgIpc) is 2.81. The van der Waals surface area contributed by atoms with Gasteiger partial charge in [-0.15, -0.1) is 11.3 Å². The second-order valence-electron chi connectivity index (χ2n) is 4.63. The maximum atomic E-state index is 13.1. The van der Waals surface area contributed by atoms with E-state index in [9.17, 15) is 4.39 Å². The summed E-state index contributed by atoms with van der Waals surface area (Å²) in [7, 11) is 0. The number of hydrogen-bond donors (Lipinski definition) is 1. The maximum absolute atomic E-state index is 13.1. The van der Waals surface area contributed by atoms with Gasteiger partial charge in [0.15, 0.2) is 0 Å². The Morgan fingerprint density at radius 1 is 1.22 bits per heavy atom. The zero-order valence-corrected chi connectivity index (χ0v) is 11.5. The molecule has 1 aromatic heterocycles. The molecule has 3 heteroatoms. The largest absolute Gasteiger partial charge is 0.307 e. The highest BCUT2D eigenvalue weighted by Gasteiger charge is 2.10. The van der Waals surface area contributed by atoms with Crippen molar-refractivity contribution in [1.82, 2.24) is 5.32 Å². The van der Waals surface area contributed by atoms with Gasteiger partial charge >= 0.3 is 0 Å². The van der Waals surface area contributed by atoms with Gasteiger partial charge in [0, 0.05) is 17.0 Å². The third kappa shape index (κ3) is 3.65. The minimum Gasteiger partial charge on any atom is -0.307 e. The molecule has 0 saturated carbocycles. The summed E-state index contributed by atoms with van der Waals surface area (Å²) in [5, 5.41) is 5.60. The summed E-state index contributed by atoms with van der Waals surface area (Å²) in [5.41, 5.74) is 0.994. The molecule has 0 aliphatic carbocycles. The second-order valence-corrected chi connectivity index (χ2v) is 5.66. The number of benzene rings is 1. The monoisotopic (exact) mass is 263 g/mol. The highest BCUT2D eigenvalue weighted by Crippen LogP contribution is 2.16. The summed E-state index contributed by atoms with van der Waals surface area (Å²) in [6.45, 7) is 4.23. The molecule has 0 spiro atoms. The van der Waals surface area contributed by atoms with E-state index in [2.05, 4.69) is 36.7 Å². The summed E-state index contributed by atoms with van der Waals surface area (Å²) in [4.78, 5) is 1.38. The van der Waals surface area contributed by atoms with Crippen LogP contribution in [-0.4, -0.2) is 6.04 Å². The normalized spacial score (nSPS) is 14.4. The van der Waals surface area contributed by atoms with Crippen LogP contribution in [-0.2, 0) is 6.42 Å². The lowest BCUT2D eigenvalue weighted by molar-refractivity contribution is 0.477. The van der Waals surface area contributed by atoms with Gasteiger partial charge in [-0.1, -0.05) is 18.2 Å². The molecule has 1 aromatic carbocycles. The minimum absolute atomic E-state index is 0.163. The van der Waals surface area contributed by atoms with E-state index >= 15 is 0 Å². The van der Waals surface area contributed by atoms with Gasteiger partial charge in [-0.3, -0.25) is 0 Å². The van der Waals surface area contributed by atoms with Crippen molar-refractivity contribution in [2.75, 3.05) is 0 Å². The predicted octanol–water partition coefficient (Wildman–Crippen LogP) is 4.17. The van der Waals surface area contributed by atoms with Crippen LogP contribution in [0.15, 0.2) is 41.8 Å². The molecule has 2 atom stereocenters. The fraction of sp³-hybridized carbons (Fsp3) is 0.333. The van der Waals surface area contributed by atoms with Crippen molar-refractivity contribution >= 4 is 11.3 Å². The van der Waals surface area contributed by atoms with Crippen molar-refractivity contribution in [1.29, 1.82) is 0 Å². The molecular formula is C15H18FNS. The van der Waals surface area contributed by atoms with E-state index in [1.54, 1.807) is 23.5 Å². The third-order valence-corrected chi connectivity index (χ3v) is 3.87. The molecule has 1 heterocycles. The number of rotatable bonds is 5. The molecule has 2 unspecified atom stereocenters. The number of nitrogens with one attached hydrogen (secondary N) is 1. The van der Waals surface area contributed by atoms with E-state index in [-0.39, 0.29) is 11.9 Å². The highest BCUT2D eigenvalue weighted by atomic mass is 32.1. The van der Waals surface area contributed by atoms with Crippen LogP contribution in [0, 0.1) is 5.82 Å². The van der Waals surface area contributed by atoms with E-state index in [4.69, 9.17) is 0 Å². The first-order valence-corrected chi connectivity index (χ1v) is 7.07. The molecule has 1 N–H and O–H groups in total. The number of thiophene rings is 1. The Kier molecular flexibility index (Phi) is 4.50. The number of halogens is 1. The van der Waals surface area contributed by atoms with Crippen LogP contribution < -0.4 is 5.32 Å². The standard InChI is InChI=1S/C15H18FNS/c1-11(9-15-7-4-8-18-15)17-12(2)13-5-3-6-14(16)10-13/h3-8,10-12,17H,9H2,1-2H3. The molecule has 0 bridgehead atoms.